The molecule has 1 aliphatic carbocycles. The summed E-state index contributed by atoms with van der Waals surface area (Å²) in [6, 6.07) is 12.1. The Kier molecular flexibility index (Phi) is 6.86. The molecule has 0 saturated heterocycles. The molecule has 2 atom stereocenters. The van der Waals surface area contributed by atoms with E-state index in [1.165, 1.54) is 6.07 Å². The van der Waals surface area contributed by atoms with Gasteiger partial charge in [0, 0.05) is 35.3 Å². The van der Waals surface area contributed by atoms with E-state index in [1.807, 2.05) is 0 Å². The van der Waals surface area contributed by atoms with Crippen molar-refractivity contribution >= 4 is 27.4 Å². The summed E-state index contributed by atoms with van der Waals surface area (Å²) in [7, 11) is -3.40. The smallest absolute Gasteiger partial charge is 0.305 e. The molecule has 1 N–H and O–H groups in total. The van der Waals surface area contributed by atoms with Crippen molar-refractivity contribution in [2.45, 2.75) is 49.3 Å². The standard InChI is InChI=1S/C26H28N2O6S/c1-3-33-24(29)6-4-5-18-8-7-17(16-27)13-22(18)28-25(30)21-15-26(21)11-12-34-23-10-9-19(14-20(23)26)35(2,31)32/h7-10,13-14,21H,3-6,11-12,15H2,1-2H3,(H,28,30)/t21-,26-/m0/s1. The lowest BCUT2D eigenvalue weighted by atomic mass is 9.87. The third-order valence-corrected chi connectivity index (χ3v) is 7.85. The van der Waals surface area contributed by atoms with Crippen molar-refractivity contribution in [3.05, 3.63) is 53.1 Å². The van der Waals surface area contributed by atoms with Gasteiger partial charge in [-0.2, -0.15) is 5.26 Å². The second kappa shape index (κ2) is 9.70. The highest BCUT2D eigenvalue weighted by atomic mass is 32.2. The second-order valence-electron chi connectivity index (χ2n) is 9.07. The van der Waals surface area contributed by atoms with Gasteiger partial charge in [-0.25, -0.2) is 8.42 Å². The lowest BCUT2D eigenvalue weighted by Crippen LogP contribution is -2.27. The minimum absolute atomic E-state index is 0.177. The molecule has 35 heavy (non-hydrogen) atoms. The Morgan fingerprint density at radius 3 is 2.77 bits per heavy atom. The number of anilines is 1. The van der Waals surface area contributed by atoms with Gasteiger partial charge in [-0.3, -0.25) is 9.59 Å². The number of aryl methyl sites for hydroxylation is 1. The molecule has 184 valence electrons. The first-order valence-electron chi connectivity index (χ1n) is 11.6. The number of nitrogens with one attached hydrogen (secondary N) is 1. The van der Waals surface area contributed by atoms with Crippen LogP contribution in [-0.2, 0) is 36.0 Å². The molecule has 2 aromatic carbocycles. The van der Waals surface area contributed by atoms with Crippen LogP contribution < -0.4 is 10.1 Å². The molecule has 8 nitrogen and oxygen atoms in total. The molecule has 1 saturated carbocycles. The largest absolute Gasteiger partial charge is 0.493 e. The third kappa shape index (κ3) is 5.17. The van der Waals surface area contributed by atoms with E-state index in [2.05, 4.69) is 11.4 Å². The first-order valence-corrected chi connectivity index (χ1v) is 13.5. The summed E-state index contributed by atoms with van der Waals surface area (Å²) < 4.78 is 34.9. The second-order valence-corrected chi connectivity index (χ2v) is 11.1. The van der Waals surface area contributed by atoms with Crippen LogP contribution in [0.4, 0.5) is 5.69 Å². The number of ether oxygens (including phenoxy) is 2. The highest BCUT2D eigenvalue weighted by Crippen LogP contribution is 2.61. The predicted octanol–water partition coefficient (Wildman–Crippen LogP) is 3.53. The molecule has 0 bridgehead atoms. The van der Waals surface area contributed by atoms with E-state index in [1.54, 1.807) is 37.3 Å². The molecular formula is C26H28N2O6S. The Morgan fingerprint density at radius 2 is 2.06 bits per heavy atom. The first kappa shape index (κ1) is 24.7. The number of nitrogens with zero attached hydrogens (tertiary/aromatic N) is 1. The van der Waals surface area contributed by atoms with Crippen LogP contribution in [0.1, 0.15) is 49.3 Å². The minimum Gasteiger partial charge on any atom is -0.493 e. The number of nitriles is 1. The van der Waals surface area contributed by atoms with Gasteiger partial charge in [0.2, 0.25) is 5.91 Å². The van der Waals surface area contributed by atoms with E-state index < -0.39 is 15.3 Å². The summed E-state index contributed by atoms with van der Waals surface area (Å²) >= 11 is 0. The zero-order chi connectivity index (χ0) is 25.2. The molecule has 9 heteroatoms. The van der Waals surface area contributed by atoms with Gasteiger partial charge in [0.25, 0.3) is 0 Å². The fourth-order valence-corrected chi connectivity index (χ4v) is 5.46. The van der Waals surface area contributed by atoms with Crippen LogP contribution in [-0.4, -0.2) is 39.8 Å². The maximum absolute atomic E-state index is 13.3. The third-order valence-electron chi connectivity index (χ3n) is 6.74. The number of carbonyl (C=O) groups excluding carboxylic acids is 2. The monoisotopic (exact) mass is 496 g/mol. The van der Waals surface area contributed by atoms with Crippen molar-refractivity contribution in [1.29, 1.82) is 5.26 Å². The zero-order valence-electron chi connectivity index (χ0n) is 19.8. The summed E-state index contributed by atoms with van der Waals surface area (Å²) in [5.74, 6) is -0.161. The summed E-state index contributed by atoms with van der Waals surface area (Å²) in [4.78, 5) is 25.2. The number of esters is 1. The molecular weight excluding hydrogens is 468 g/mol. The van der Waals surface area contributed by atoms with E-state index >= 15 is 0 Å². The van der Waals surface area contributed by atoms with Gasteiger partial charge in [-0.1, -0.05) is 6.07 Å². The number of carbonyl (C=O) groups is 2. The predicted molar refractivity (Wildman–Crippen MR) is 129 cm³/mol. The van der Waals surface area contributed by atoms with Crippen molar-refractivity contribution < 1.29 is 27.5 Å². The highest BCUT2D eigenvalue weighted by Gasteiger charge is 2.61. The lowest BCUT2D eigenvalue weighted by Gasteiger charge is -2.27. The average Bonchev–Trinajstić information content (AvgIpc) is 3.54. The Morgan fingerprint density at radius 1 is 1.26 bits per heavy atom. The van der Waals surface area contributed by atoms with Crippen LogP contribution in [0.2, 0.25) is 0 Å². The van der Waals surface area contributed by atoms with Crippen LogP contribution >= 0.6 is 0 Å². The number of hydrogen-bond donors (Lipinski definition) is 1. The molecule has 2 aliphatic rings. The Balaban J connectivity index is 1.53. The summed E-state index contributed by atoms with van der Waals surface area (Å²) in [6.07, 6.45) is 3.75. The molecule has 0 radical (unpaired) electrons. The van der Waals surface area contributed by atoms with Gasteiger partial charge < -0.3 is 14.8 Å². The molecule has 2 aromatic rings. The maximum atomic E-state index is 13.3. The fourth-order valence-electron chi connectivity index (χ4n) is 4.81. The Labute approximate surface area is 205 Å². The van der Waals surface area contributed by atoms with Crippen molar-refractivity contribution in [2.24, 2.45) is 5.92 Å². The number of amides is 1. The summed E-state index contributed by atoms with van der Waals surface area (Å²) in [5.41, 5.74) is 2.11. The Bertz CT molecular complexity index is 1310. The van der Waals surface area contributed by atoms with Gasteiger partial charge >= 0.3 is 5.97 Å². The van der Waals surface area contributed by atoms with Crippen LogP contribution in [0.3, 0.4) is 0 Å². The van der Waals surface area contributed by atoms with E-state index in [-0.39, 0.29) is 29.1 Å². The molecule has 4 rings (SSSR count). The quantitative estimate of drug-likeness (QED) is 0.555. The van der Waals surface area contributed by atoms with Gasteiger partial charge in [0.15, 0.2) is 9.84 Å². The van der Waals surface area contributed by atoms with Crippen LogP contribution in [0.5, 0.6) is 5.75 Å². The normalized spacial score (nSPS) is 20.3. The molecule has 0 aromatic heterocycles. The van der Waals surface area contributed by atoms with E-state index in [0.29, 0.717) is 55.9 Å². The number of benzene rings is 2. The number of rotatable bonds is 8. The molecule has 1 amide bonds. The van der Waals surface area contributed by atoms with Gasteiger partial charge in [0.1, 0.15) is 5.75 Å². The fraction of sp³-hybridized carbons (Fsp3) is 0.423. The number of sulfone groups is 1. The summed E-state index contributed by atoms with van der Waals surface area (Å²) in [5, 5.41) is 12.3. The van der Waals surface area contributed by atoms with E-state index in [0.717, 1.165) is 17.4 Å². The summed E-state index contributed by atoms with van der Waals surface area (Å²) in [6.45, 7) is 2.55. The van der Waals surface area contributed by atoms with Crippen LogP contribution in [0, 0.1) is 17.2 Å². The van der Waals surface area contributed by atoms with E-state index in [9.17, 15) is 23.3 Å². The lowest BCUT2D eigenvalue weighted by molar-refractivity contribution is -0.143. The molecule has 1 fully saturated rings. The number of fused-ring (bicyclic) bond motifs is 2. The van der Waals surface area contributed by atoms with E-state index in [4.69, 9.17) is 9.47 Å². The maximum Gasteiger partial charge on any atom is 0.305 e. The van der Waals surface area contributed by atoms with Gasteiger partial charge in [-0.15, -0.1) is 0 Å². The van der Waals surface area contributed by atoms with Crippen molar-refractivity contribution in [3.63, 3.8) is 0 Å². The molecule has 1 aliphatic heterocycles. The molecule has 0 unspecified atom stereocenters. The highest BCUT2D eigenvalue weighted by molar-refractivity contribution is 7.90. The topological polar surface area (TPSA) is 123 Å². The van der Waals surface area contributed by atoms with Crippen LogP contribution in [0.15, 0.2) is 41.3 Å². The zero-order valence-corrected chi connectivity index (χ0v) is 20.6. The van der Waals surface area contributed by atoms with Crippen molar-refractivity contribution in [1.82, 2.24) is 0 Å². The minimum atomic E-state index is -3.40. The van der Waals surface area contributed by atoms with Crippen molar-refractivity contribution in [3.8, 4) is 11.8 Å². The average molecular weight is 497 g/mol. The van der Waals surface area contributed by atoms with Crippen molar-refractivity contribution in [2.75, 3.05) is 24.8 Å². The Hall–Kier alpha value is -3.38. The SMILES string of the molecule is CCOC(=O)CCCc1ccc(C#N)cc1NC(=O)[C@@H]1C[C@]12CCOc1ccc(S(C)(=O)=O)cc12. The van der Waals surface area contributed by atoms with Crippen LogP contribution in [0.25, 0.3) is 0 Å². The van der Waals surface area contributed by atoms with Gasteiger partial charge in [0.05, 0.1) is 29.7 Å². The van der Waals surface area contributed by atoms with Gasteiger partial charge in [-0.05, 0) is 68.5 Å². The molecule has 1 heterocycles. The first-order chi connectivity index (χ1) is 16.7. The number of hydrogen-bond acceptors (Lipinski definition) is 7. The molecule has 1 spiro atoms.